The van der Waals surface area contributed by atoms with Gasteiger partial charge in [-0.25, -0.2) is 0 Å². The second-order valence-electron chi connectivity index (χ2n) is 5.16. The van der Waals surface area contributed by atoms with Crippen molar-refractivity contribution in [2.45, 2.75) is 37.2 Å². The average Bonchev–Trinajstić information content (AvgIpc) is 2.37. The van der Waals surface area contributed by atoms with Gasteiger partial charge in [-0.05, 0) is 51.3 Å². The van der Waals surface area contributed by atoms with Crippen molar-refractivity contribution in [3.8, 4) is 0 Å². The Morgan fingerprint density at radius 3 is 2.32 bits per heavy atom. The molecule has 2 amide bonds. The summed E-state index contributed by atoms with van der Waals surface area (Å²) in [5.41, 5.74) is -0.0971. The van der Waals surface area contributed by atoms with Crippen LogP contribution in [0.1, 0.15) is 20.8 Å². The molecule has 1 aromatic rings. The van der Waals surface area contributed by atoms with E-state index in [1.54, 1.807) is 37.4 Å². The van der Waals surface area contributed by atoms with E-state index in [0.29, 0.717) is 0 Å². The number of hydrogen-bond acceptors (Lipinski definition) is 3. The summed E-state index contributed by atoms with van der Waals surface area (Å²) in [6, 6.07) is 7.20. The standard InChI is InChI=1S/C14H18N2O2S/c1-9-12(17)15-14(2,3)13(18)16(9)10-5-7-11(19-4)8-6-10/h5-9H,1-4H3,(H,15,17). The lowest BCUT2D eigenvalue weighted by molar-refractivity contribution is -0.136. The number of hydrogen-bond donors (Lipinski definition) is 1. The number of amides is 2. The molecule has 2 rings (SSSR count). The van der Waals surface area contributed by atoms with Gasteiger partial charge in [0, 0.05) is 10.6 Å². The second-order valence-corrected chi connectivity index (χ2v) is 6.04. The largest absolute Gasteiger partial charge is 0.340 e. The smallest absolute Gasteiger partial charge is 0.252 e. The molecule has 102 valence electrons. The number of anilines is 1. The predicted molar refractivity (Wildman–Crippen MR) is 77.4 cm³/mol. The van der Waals surface area contributed by atoms with Gasteiger partial charge in [0.15, 0.2) is 0 Å². The fraction of sp³-hybridized carbons (Fsp3) is 0.429. The molecule has 19 heavy (non-hydrogen) atoms. The Morgan fingerprint density at radius 2 is 1.79 bits per heavy atom. The van der Waals surface area contributed by atoms with Gasteiger partial charge < -0.3 is 5.32 Å². The van der Waals surface area contributed by atoms with E-state index in [9.17, 15) is 9.59 Å². The minimum atomic E-state index is -0.859. The van der Waals surface area contributed by atoms with Crippen molar-refractivity contribution in [1.29, 1.82) is 0 Å². The third-order valence-electron chi connectivity index (χ3n) is 3.31. The number of nitrogens with zero attached hydrogens (tertiary/aromatic N) is 1. The van der Waals surface area contributed by atoms with E-state index in [-0.39, 0.29) is 11.8 Å². The molecular formula is C14H18N2O2S. The molecule has 1 unspecified atom stereocenters. The number of benzene rings is 1. The number of thioether (sulfide) groups is 1. The second kappa shape index (κ2) is 4.89. The first-order chi connectivity index (χ1) is 8.86. The van der Waals surface area contributed by atoms with Crippen LogP contribution in [0.4, 0.5) is 5.69 Å². The van der Waals surface area contributed by atoms with Crippen LogP contribution in [-0.4, -0.2) is 29.7 Å². The summed E-state index contributed by atoms with van der Waals surface area (Å²) in [6.45, 7) is 5.19. The van der Waals surface area contributed by atoms with Crippen LogP contribution in [0.15, 0.2) is 29.2 Å². The first-order valence-electron chi connectivity index (χ1n) is 6.16. The van der Waals surface area contributed by atoms with Crippen molar-refractivity contribution in [2.75, 3.05) is 11.2 Å². The molecular weight excluding hydrogens is 260 g/mol. The Kier molecular flexibility index (Phi) is 3.58. The number of nitrogens with one attached hydrogen (secondary N) is 1. The maximum Gasteiger partial charge on any atom is 0.252 e. The topological polar surface area (TPSA) is 49.4 Å². The van der Waals surface area contributed by atoms with Crippen molar-refractivity contribution in [3.05, 3.63) is 24.3 Å². The zero-order chi connectivity index (χ0) is 14.2. The SMILES string of the molecule is CSc1ccc(N2C(=O)C(C)(C)NC(=O)C2C)cc1. The summed E-state index contributed by atoms with van der Waals surface area (Å²) in [6.07, 6.45) is 2.00. The highest BCUT2D eigenvalue weighted by Crippen LogP contribution is 2.27. The van der Waals surface area contributed by atoms with Gasteiger partial charge in [0.05, 0.1) is 0 Å². The minimum absolute atomic E-state index is 0.0866. The third-order valence-corrected chi connectivity index (χ3v) is 4.05. The molecule has 0 saturated carbocycles. The van der Waals surface area contributed by atoms with Gasteiger partial charge in [0.1, 0.15) is 11.6 Å². The van der Waals surface area contributed by atoms with Crippen LogP contribution in [0.5, 0.6) is 0 Å². The van der Waals surface area contributed by atoms with E-state index in [0.717, 1.165) is 10.6 Å². The van der Waals surface area contributed by atoms with Crippen LogP contribution in [0.25, 0.3) is 0 Å². The lowest BCUT2D eigenvalue weighted by Gasteiger charge is -2.41. The molecule has 1 atom stereocenters. The Morgan fingerprint density at radius 1 is 1.21 bits per heavy atom. The Balaban J connectivity index is 2.39. The zero-order valence-electron chi connectivity index (χ0n) is 11.6. The van der Waals surface area contributed by atoms with E-state index in [1.165, 1.54) is 0 Å². The predicted octanol–water partition coefficient (Wildman–Crippen LogP) is 2.04. The van der Waals surface area contributed by atoms with Gasteiger partial charge in [-0.15, -0.1) is 11.8 Å². The Hall–Kier alpha value is -1.49. The highest BCUT2D eigenvalue weighted by atomic mass is 32.2. The quantitative estimate of drug-likeness (QED) is 0.842. The van der Waals surface area contributed by atoms with Crippen molar-refractivity contribution in [1.82, 2.24) is 5.32 Å². The molecule has 0 aromatic heterocycles. The van der Waals surface area contributed by atoms with Crippen molar-refractivity contribution in [2.24, 2.45) is 0 Å². The van der Waals surface area contributed by atoms with Crippen LogP contribution >= 0.6 is 11.8 Å². The highest BCUT2D eigenvalue weighted by molar-refractivity contribution is 7.98. The lowest BCUT2D eigenvalue weighted by Crippen LogP contribution is -2.67. The maximum atomic E-state index is 12.5. The fourth-order valence-corrected chi connectivity index (χ4v) is 2.55. The summed E-state index contributed by atoms with van der Waals surface area (Å²) < 4.78 is 0. The van der Waals surface area contributed by atoms with E-state index < -0.39 is 11.6 Å². The third kappa shape index (κ3) is 2.47. The van der Waals surface area contributed by atoms with Crippen LogP contribution in [0, 0.1) is 0 Å². The van der Waals surface area contributed by atoms with Crippen molar-refractivity contribution >= 4 is 29.3 Å². The molecule has 5 heteroatoms. The zero-order valence-corrected chi connectivity index (χ0v) is 12.4. The van der Waals surface area contributed by atoms with Gasteiger partial charge in [-0.1, -0.05) is 0 Å². The van der Waals surface area contributed by atoms with Crippen LogP contribution in [0.2, 0.25) is 0 Å². The van der Waals surface area contributed by atoms with E-state index in [4.69, 9.17) is 0 Å². The molecule has 0 spiro atoms. The van der Waals surface area contributed by atoms with Crippen molar-refractivity contribution in [3.63, 3.8) is 0 Å². The van der Waals surface area contributed by atoms with Gasteiger partial charge in [0.25, 0.3) is 5.91 Å². The summed E-state index contributed by atoms with van der Waals surface area (Å²) in [5, 5.41) is 2.74. The molecule has 0 radical (unpaired) electrons. The number of piperazine rings is 1. The van der Waals surface area contributed by atoms with Crippen molar-refractivity contribution < 1.29 is 9.59 Å². The molecule has 1 heterocycles. The number of rotatable bonds is 2. The lowest BCUT2D eigenvalue weighted by atomic mass is 9.96. The molecule has 1 aliphatic rings. The Bertz CT molecular complexity index is 511. The monoisotopic (exact) mass is 278 g/mol. The first kappa shape index (κ1) is 13.9. The molecule has 0 aliphatic carbocycles. The summed E-state index contributed by atoms with van der Waals surface area (Å²) >= 11 is 1.64. The van der Waals surface area contributed by atoms with E-state index >= 15 is 0 Å². The highest BCUT2D eigenvalue weighted by Gasteiger charge is 2.43. The van der Waals surface area contributed by atoms with Gasteiger partial charge in [-0.3, -0.25) is 14.5 Å². The van der Waals surface area contributed by atoms with Gasteiger partial charge in [-0.2, -0.15) is 0 Å². The Labute approximate surface area is 117 Å². The number of carbonyl (C=O) groups excluding carboxylic acids is 2. The summed E-state index contributed by atoms with van der Waals surface area (Å²) in [5.74, 6) is -0.213. The van der Waals surface area contributed by atoms with Crippen LogP contribution in [0.3, 0.4) is 0 Å². The van der Waals surface area contributed by atoms with Crippen LogP contribution in [-0.2, 0) is 9.59 Å². The molecule has 1 N–H and O–H groups in total. The van der Waals surface area contributed by atoms with Crippen LogP contribution < -0.4 is 10.2 Å². The molecule has 1 fully saturated rings. The molecule has 1 saturated heterocycles. The maximum absolute atomic E-state index is 12.5. The molecule has 4 nitrogen and oxygen atoms in total. The molecule has 0 bridgehead atoms. The summed E-state index contributed by atoms with van der Waals surface area (Å²) in [7, 11) is 0. The molecule has 1 aromatic carbocycles. The van der Waals surface area contributed by atoms with Gasteiger partial charge in [0.2, 0.25) is 5.91 Å². The average molecular weight is 278 g/mol. The first-order valence-corrected chi connectivity index (χ1v) is 7.39. The minimum Gasteiger partial charge on any atom is -0.340 e. The summed E-state index contributed by atoms with van der Waals surface area (Å²) in [4.78, 5) is 27.1. The van der Waals surface area contributed by atoms with E-state index in [1.807, 2.05) is 30.5 Å². The van der Waals surface area contributed by atoms with Gasteiger partial charge >= 0.3 is 0 Å². The normalized spacial score (nSPS) is 22.3. The molecule has 1 aliphatic heterocycles. The van der Waals surface area contributed by atoms with E-state index in [2.05, 4.69) is 5.32 Å². The fourth-order valence-electron chi connectivity index (χ4n) is 2.14. The number of carbonyl (C=O) groups is 2.